The van der Waals surface area contributed by atoms with Crippen LogP contribution in [0.4, 0.5) is 5.82 Å². The van der Waals surface area contributed by atoms with E-state index in [0.717, 1.165) is 24.5 Å². The second kappa shape index (κ2) is 7.27. The Labute approximate surface area is 143 Å². The number of rotatable bonds is 5. The van der Waals surface area contributed by atoms with E-state index < -0.39 is 10.0 Å². The number of sulfonamides is 1. The van der Waals surface area contributed by atoms with E-state index in [2.05, 4.69) is 19.6 Å². The second-order valence-corrected chi connectivity index (χ2v) is 7.78. The largest absolute Gasteiger partial charge is 0.357 e. The van der Waals surface area contributed by atoms with E-state index in [1.54, 1.807) is 30.5 Å². The molecule has 0 spiro atoms. The maximum absolute atomic E-state index is 12.3. The predicted octanol–water partition coefficient (Wildman–Crippen LogP) is 2.25. The van der Waals surface area contributed by atoms with Crippen LogP contribution in [0.1, 0.15) is 30.7 Å². The van der Waals surface area contributed by atoms with Gasteiger partial charge in [-0.05, 0) is 44.4 Å². The van der Waals surface area contributed by atoms with Crippen molar-refractivity contribution in [1.82, 2.24) is 14.7 Å². The van der Waals surface area contributed by atoms with Gasteiger partial charge >= 0.3 is 0 Å². The molecule has 1 aromatic heterocycles. The van der Waals surface area contributed by atoms with Crippen LogP contribution in [0.3, 0.4) is 0 Å². The third kappa shape index (κ3) is 4.10. The third-order valence-corrected chi connectivity index (χ3v) is 5.54. The van der Waals surface area contributed by atoms with Crippen LogP contribution in [0, 0.1) is 6.92 Å². The van der Waals surface area contributed by atoms with Crippen molar-refractivity contribution in [1.29, 1.82) is 0 Å². The summed E-state index contributed by atoms with van der Waals surface area (Å²) in [5.41, 5.74) is 1.02. The Bertz CT molecular complexity index is 784. The molecule has 1 fully saturated rings. The summed E-state index contributed by atoms with van der Waals surface area (Å²) in [6.07, 6.45) is 5.27. The molecule has 0 atom stereocenters. The number of hydrogen-bond acceptors (Lipinski definition) is 5. The average molecular weight is 346 g/mol. The molecule has 6 nitrogen and oxygen atoms in total. The molecule has 0 bridgehead atoms. The van der Waals surface area contributed by atoms with Crippen molar-refractivity contribution in [3.05, 3.63) is 47.9 Å². The first-order valence-electron chi connectivity index (χ1n) is 8.18. The second-order valence-electron chi connectivity index (χ2n) is 6.02. The van der Waals surface area contributed by atoms with Crippen LogP contribution in [-0.2, 0) is 16.6 Å². The van der Waals surface area contributed by atoms with Crippen molar-refractivity contribution < 1.29 is 8.42 Å². The average Bonchev–Trinajstić information content (AvgIpc) is 2.61. The lowest BCUT2D eigenvalue weighted by Crippen LogP contribution is -2.31. The molecule has 1 aliphatic heterocycles. The summed E-state index contributed by atoms with van der Waals surface area (Å²) in [5, 5.41) is 0. The molecule has 24 heavy (non-hydrogen) atoms. The van der Waals surface area contributed by atoms with E-state index in [1.165, 1.54) is 19.3 Å². The minimum atomic E-state index is -3.56. The van der Waals surface area contributed by atoms with E-state index in [0.29, 0.717) is 5.82 Å². The molecule has 0 aliphatic carbocycles. The predicted molar refractivity (Wildman–Crippen MR) is 93.3 cm³/mol. The maximum atomic E-state index is 12.3. The summed E-state index contributed by atoms with van der Waals surface area (Å²) >= 11 is 0. The summed E-state index contributed by atoms with van der Waals surface area (Å²) < 4.78 is 27.2. The standard InChI is InChI=1S/C17H22N4O2S/c1-14-5-7-15(8-6-14)24(22,23)19-13-16-18-10-9-17(20-16)21-11-3-2-4-12-21/h5-10,19H,2-4,11-13H2,1H3. The molecular formula is C17H22N4O2S. The normalized spacial score (nSPS) is 15.5. The first-order chi connectivity index (χ1) is 11.5. The lowest BCUT2D eigenvalue weighted by atomic mass is 10.1. The van der Waals surface area contributed by atoms with Crippen molar-refractivity contribution in [3.8, 4) is 0 Å². The maximum Gasteiger partial charge on any atom is 0.240 e. The number of anilines is 1. The molecule has 7 heteroatoms. The molecular weight excluding hydrogens is 324 g/mol. The third-order valence-electron chi connectivity index (χ3n) is 4.12. The summed E-state index contributed by atoms with van der Waals surface area (Å²) in [6, 6.07) is 8.64. The van der Waals surface area contributed by atoms with Gasteiger partial charge in [0.1, 0.15) is 11.6 Å². The van der Waals surface area contributed by atoms with Gasteiger partial charge in [0.05, 0.1) is 11.4 Å². The molecule has 128 valence electrons. The van der Waals surface area contributed by atoms with Gasteiger partial charge in [-0.2, -0.15) is 0 Å². The smallest absolute Gasteiger partial charge is 0.240 e. The lowest BCUT2D eigenvalue weighted by molar-refractivity contribution is 0.569. The molecule has 1 saturated heterocycles. The van der Waals surface area contributed by atoms with Gasteiger partial charge in [-0.15, -0.1) is 0 Å². The van der Waals surface area contributed by atoms with Gasteiger partial charge < -0.3 is 4.90 Å². The molecule has 0 radical (unpaired) electrons. The van der Waals surface area contributed by atoms with Crippen molar-refractivity contribution in [2.45, 2.75) is 37.6 Å². The van der Waals surface area contributed by atoms with E-state index >= 15 is 0 Å². The lowest BCUT2D eigenvalue weighted by Gasteiger charge is -2.27. The quantitative estimate of drug-likeness (QED) is 0.899. The fraction of sp³-hybridized carbons (Fsp3) is 0.412. The number of benzene rings is 1. The number of aromatic nitrogens is 2. The summed E-state index contributed by atoms with van der Waals surface area (Å²) in [4.78, 5) is 11.2. The minimum Gasteiger partial charge on any atom is -0.357 e. The van der Waals surface area contributed by atoms with Gasteiger partial charge in [0.25, 0.3) is 0 Å². The highest BCUT2D eigenvalue weighted by Gasteiger charge is 2.16. The van der Waals surface area contributed by atoms with Crippen LogP contribution in [0.25, 0.3) is 0 Å². The first kappa shape index (κ1) is 16.9. The zero-order valence-electron chi connectivity index (χ0n) is 13.8. The Morgan fingerprint density at radius 1 is 1.08 bits per heavy atom. The van der Waals surface area contributed by atoms with Gasteiger partial charge in [0.15, 0.2) is 0 Å². The van der Waals surface area contributed by atoms with Gasteiger partial charge in [-0.25, -0.2) is 23.1 Å². The van der Waals surface area contributed by atoms with Crippen LogP contribution in [0.15, 0.2) is 41.4 Å². The van der Waals surface area contributed by atoms with Gasteiger partial charge in [0, 0.05) is 19.3 Å². The zero-order chi connectivity index (χ0) is 17.0. The highest BCUT2D eigenvalue weighted by molar-refractivity contribution is 7.89. The van der Waals surface area contributed by atoms with Gasteiger partial charge in [-0.3, -0.25) is 0 Å². The van der Waals surface area contributed by atoms with Crippen LogP contribution >= 0.6 is 0 Å². The summed E-state index contributed by atoms with van der Waals surface area (Å²) in [7, 11) is -3.56. The van der Waals surface area contributed by atoms with Gasteiger partial charge in [0.2, 0.25) is 10.0 Å². The Morgan fingerprint density at radius 2 is 1.79 bits per heavy atom. The molecule has 1 aliphatic rings. The molecule has 0 unspecified atom stereocenters. The van der Waals surface area contributed by atoms with Crippen LogP contribution in [0.5, 0.6) is 0 Å². The molecule has 1 aromatic carbocycles. The highest BCUT2D eigenvalue weighted by Crippen LogP contribution is 2.17. The number of aryl methyl sites for hydroxylation is 1. The molecule has 2 aromatic rings. The monoisotopic (exact) mass is 346 g/mol. The summed E-state index contributed by atoms with van der Waals surface area (Å²) in [6.45, 7) is 3.98. The van der Waals surface area contributed by atoms with Crippen molar-refractivity contribution in [2.75, 3.05) is 18.0 Å². The zero-order valence-corrected chi connectivity index (χ0v) is 14.6. The minimum absolute atomic E-state index is 0.0812. The van der Waals surface area contributed by atoms with E-state index in [1.807, 2.05) is 13.0 Å². The van der Waals surface area contributed by atoms with Crippen LogP contribution in [0.2, 0.25) is 0 Å². The highest BCUT2D eigenvalue weighted by atomic mass is 32.2. The number of nitrogens with one attached hydrogen (secondary N) is 1. The number of hydrogen-bond donors (Lipinski definition) is 1. The molecule has 0 saturated carbocycles. The van der Waals surface area contributed by atoms with Crippen molar-refractivity contribution in [3.63, 3.8) is 0 Å². The first-order valence-corrected chi connectivity index (χ1v) is 9.66. The van der Waals surface area contributed by atoms with Crippen LogP contribution < -0.4 is 9.62 Å². The Morgan fingerprint density at radius 3 is 2.50 bits per heavy atom. The molecule has 2 heterocycles. The fourth-order valence-corrected chi connectivity index (χ4v) is 3.71. The number of piperidine rings is 1. The Hall–Kier alpha value is -1.99. The fourth-order valence-electron chi connectivity index (χ4n) is 2.73. The Kier molecular flexibility index (Phi) is 5.11. The van der Waals surface area contributed by atoms with Crippen molar-refractivity contribution in [2.24, 2.45) is 0 Å². The summed E-state index contributed by atoms with van der Waals surface area (Å²) in [5.74, 6) is 1.35. The Balaban J connectivity index is 1.68. The molecule has 0 amide bonds. The van der Waals surface area contributed by atoms with E-state index in [-0.39, 0.29) is 11.4 Å². The van der Waals surface area contributed by atoms with Crippen LogP contribution in [-0.4, -0.2) is 31.5 Å². The molecule has 1 N–H and O–H groups in total. The van der Waals surface area contributed by atoms with Gasteiger partial charge in [-0.1, -0.05) is 17.7 Å². The number of nitrogens with zero attached hydrogens (tertiary/aromatic N) is 3. The van der Waals surface area contributed by atoms with Crippen molar-refractivity contribution >= 4 is 15.8 Å². The van der Waals surface area contributed by atoms with E-state index in [9.17, 15) is 8.42 Å². The van der Waals surface area contributed by atoms with E-state index in [4.69, 9.17) is 0 Å². The molecule has 3 rings (SSSR count). The SMILES string of the molecule is Cc1ccc(S(=O)(=O)NCc2nccc(N3CCCCC3)n2)cc1. The topological polar surface area (TPSA) is 75.2 Å².